The fourth-order valence-electron chi connectivity index (χ4n) is 2.44. The van der Waals surface area contributed by atoms with Gasteiger partial charge in [0.15, 0.2) is 21.6 Å². The number of hydrogen-bond acceptors (Lipinski definition) is 11. The number of rotatable bonds is 4. The van der Waals surface area contributed by atoms with Crippen LogP contribution in [0, 0.1) is 0 Å². The van der Waals surface area contributed by atoms with Crippen LogP contribution in [-0.4, -0.2) is 65.9 Å². The van der Waals surface area contributed by atoms with Crippen LogP contribution in [0.15, 0.2) is 27.5 Å². The number of nitrogens with one attached hydrogen (secondary N) is 1. The van der Waals surface area contributed by atoms with E-state index < -0.39 is 21.5 Å². The monoisotopic (exact) mass is 524 g/mol. The van der Waals surface area contributed by atoms with E-state index in [0.717, 1.165) is 10.9 Å². The number of H-pyrrole nitrogens is 1. The molecule has 0 fully saturated rings. The smallest absolute Gasteiger partial charge is 0.353 e. The number of aromatic amines is 1. The van der Waals surface area contributed by atoms with E-state index >= 15 is 0 Å². The van der Waals surface area contributed by atoms with Gasteiger partial charge in [0.05, 0.1) is 0 Å². The molecule has 0 amide bonds. The highest BCUT2D eigenvalue weighted by Gasteiger charge is 2.49. The van der Waals surface area contributed by atoms with Gasteiger partial charge in [-0.15, -0.1) is 5.10 Å². The quantitative estimate of drug-likeness (QED) is 0.180. The summed E-state index contributed by atoms with van der Waals surface area (Å²) in [6.45, 7) is 0. The van der Waals surface area contributed by atoms with Crippen LogP contribution in [0.2, 0.25) is 0 Å². The molecule has 0 saturated carbocycles. The molecule has 4 rings (SSSR count). The molecule has 0 radical (unpaired) electrons. The topological polar surface area (TPSA) is 151 Å². The minimum Gasteiger partial charge on any atom is -0.353 e. The summed E-state index contributed by atoms with van der Waals surface area (Å²) in [6.07, 6.45) is 6.31. The second-order valence-electron chi connectivity index (χ2n) is 6.10. The van der Waals surface area contributed by atoms with Gasteiger partial charge in [-0.1, -0.05) is 23.5 Å². The zero-order chi connectivity index (χ0) is 24.6. The molecule has 0 aliphatic carbocycles. The zero-order valence-electron chi connectivity index (χ0n) is 17.3. The summed E-state index contributed by atoms with van der Waals surface area (Å²) in [6, 6.07) is 0. The second-order valence-corrected chi connectivity index (χ2v) is 9.18. The minimum atomic E-state index is -5.78. The predicted octanol–water partition coefficient (Wildman–Crippen LogP) is 1.69. The number of aromatic nitrogens is 8. The van der Waals surface area contributed by atoms with Crippen LogP contribution in [0.25, 0.3) is 22.1 Å². The van der Waals surface area contributed by atoms with Crippen molar-refractivity contribution in [3.63, 3.8) is 0 Å². The Balaban J connectivity index is 0.000000203. The highest BCUT2D eigenvalue weighted by Crippen LogP contribution is 2.30. The van der Waals surface area contributed by atoms with E-state index in [2.05, 4.69) is 34.3 Å². The van der Waals surface area contributed by atoms with Crippen molar-refractivity contribution in [3.05, 3.63) is 22.7 Å². The van der Waals surface area contributed by atoms with Crippen LogP contribution < -0.4 is 9.74 Å². The number of hydrogen-bond donors (Lipinski definition) is 1. The van der Waals surface area contributed by atoms with E-state index in [1.54, 1.807) is 24.2 Å². The first-order chi connectivity index (χ1) is 15.4. The van der Waals surface area contributed by atoms with Crippen LogP contribution in [0.1, 0.15) is 0 Å². The Morgan fingerprint density at radius 3 is 2.09 bits per heavy atom. The van der Waals surface area contributed by atoms with Crippen molar-refractivity contribution >= 4 is 55.7 Å². The lowest BCUT2D eigenvalue weighted by atomic mass is 10.4. The van der Waals surface area contributed by atoms with Crippen molar-refractivity contribution in [2.75, 3.05) is 12.5 Å². The van der Waals surface area contributed by atoms with Crippen LogP contribution in [-0.2, 0) is 24.2 Å². The molecule has 4 aromatic rings. The van der Waals surface area contributed by atoms with Gasteiger partial charge in [-0.25, -0.2) is 24.6 Å². The molecule has 0 aliphatic heterocycles. The molecule has 0 aliphatic rings. The van der Waals surface area contributed by atoms with Crippen molar-refractivity contribution in [2.45, 2.75) is 15.8 Å². The third-order valence-electron chi connectivity index (χ3n) is 3.94. The van der Waals surface area contributed by atoms with Gasteiger partial charge in [-0.05, 0) is 12.5 Å². The number of nitrogens with zero attached hydrogens (tertiary/aromatic N) is 7. The highest BCUT2D eigenvalue weighted by atomic mass is 32.2. The predicted molar refractivity (Wildman–Crippen MR) is 115 cm³/mol. The van der Waals surface area contributed by atoms with E-state index in [1.807, 2.05) is 6.26 Å². The molecule has 0 spiro atoms. The third-order valence-corrected chi connectivity index (χ3v) is 6.01. The Labute approximate surface area is 192 Å². The van der Waals surface area contributed by atoms with Gasteiger partial charge in [-0.2, -0.15) is 21.6 Å². The molecule has 18 heteroatoms. The molecule has 0 unspecified atom stereocenters. The number of fused-ring (bicyclic) bond motifs is 2. The first-order valence-electron chi connectivity index (χ1n) is 8.58. The van der Waals surface area contributed by atoms with Gasteiger partial charge in [0.25, 0.3) is 11.4 Å². The molecule has 178 valence electrons. The molecule has 0 bridgehead atoms. The molecule has 1 N–H and O–H groups in total. The molecular formula is C15H15F3N8O4S3. The van der Waals surface area contributed by atoms with Crippen molar-refractivity contribution < 1.29 is 25.8 Å². The second kappa shape index (κ2) is 9.18. The number of thioether (sulfide) groups is 2. The third kappa shape index (κ3) is 5.06. The Morgan fingerprint density at radius 2 is 1.55 bits per heavy atom. The summed E-state index contributed by atoms with van der Waals surface area (Å²) in [5.74, 6) is -0.715. The lowest BCUT2D eigenvalue weighted by Gasteiger charge is -2.06. The maximum absolute atomic E-state index is 12.3. The molecule has 0 aromatic carbocycles. The van der Waals surface area contributed by atoms with Crippen LogP contribution in [0.5, 0.6) is 5.88 Å². The summed E-state index contributed by atoms with van der Waals surface area (Å²) in [5, 5.41) is 7.72. The van der Waals surface area contributed by atoms with Gasteiger partial charge in [-0.3, -0.25) is 14.6 Å². The first kappa shape index (κ1) is 24.8. The van der Waals surface area contributed by atoms with Crippen molar-refractivity contribution in [1.82, 2.24) is 39.5 Å². The van der Waals surface area contributed by atoms with Gasteiger partial charge in [0, 0.05) is 26.5 Å². The first-order valence-corrected chi connectivity index (χ1v) is 12.4. The normalized spacial score (nSPS) is 12.1. The SMILES string of the molecule is CSc1ncc2c(=O)[nH]n(C)c2n1.CSc1ncc2c(OS(=O)(=O)C(F)(F)F)nn(C)c2n1. The van der Waals surface area contributed by atoms with E-state index in [-0.39, 0.29) is 16.6 Å². The molecule has 4 aromatic heterocycles. The van der Waals surface area contributed by atoms with E-state index in [1.165, 1.54) is 30.6 Å². The highest BCUT2D eigenvalue weighted by molar-refractivity contribution is 7.98. The van der Waals surface area contributed by atoms with Crippen molar-refractivity contribution in [2.24, 2.45) is 14.1 Å². The number of halogens is 3. The maximum Gasteiger partial charge on any atom is 0.534 e. The van der Waals surface area contributed by atoms with Crippen molar-refractivity contribution in [1.29, 1.82) is 0 Å². The summed E-state index contributed by atoms with van der Waals surface area (Å²) in [7, 11) is -2.64. The minimum absolute atomic E-state index is 0.0295. The Hall–Kier alpha value is -2.86. The lowest BCUT2D eigenvalue weighted by Crippen LogP contribution is -2.28. The van der Waals surface area contributed by atoms with Crippen LogP contribution in [0.3, 0.4) is 0 Å². The van der Waals surface area contributed by atoms with Gasteiger partial charge < -0.3 is 4.18 Å². The zero-order valence-corrected chi connectivity index (χ0v) is 19.7. The molecular weight excluding hydrogens is 509 g/mol. The van der Waals surface area contributed by atoms with Crippen LogP contribution >= 0.6 is 23.5 Å². The summed E-state index contributed by atoms with van der Waals surface area (Å²) in [5.41, 5.74) is -4.87. The molecule has 12 nitrogen and oxygen atoms in total. The lowest BCUT2D eigenvalue weighted by molar-refractivity contribution is -0.0501. The van der Waals surface area contributed by atoms with Crippen LogP contribution in [0.4, 0.5) is 13.2 Å². The Kier molecular flexibility index (Phi) is 6.89. The molecule has 0 atom stereocenters. The standard InChI is InChI=1S/C8H7F3N4O3S2.C7H8N4OS/c1-15-5-4(3-12-7(13-5)19-2)6(14-15)18-20(16,17)8(9,10)11;1-11-5-4(6(12)10-11)3-8-7(9-5)13-2/h3H,1-2H3;3H,1-2H3,(H,10,12). The summed E-state index contributed by atoms with van der Waals surface area (Å²) >= 11 is 2.67. The largest absolute Gasteiger partial charge is 0.534 e. The summed E-state index contributed by atoms with van der Waals surface area (Å²) in [4.78, 5) is 27.3. The number of alkyl halides is 3. The molecule has 0 saturated heterocycles. The van der Waals surface area contributed by atoms with Gasteiger partial charge >= 0.3 is 15.6 Å². The Morgan fingerprint density at radius 1 is 1.00 bits per heavy atom. The summed E-state index contributed by atoms with van der Waals surface area (Å²) < 4.78 is 65.4. The maximum atomic E-state index is 12.3. The van der Waals surface area contributed by atoms with Gasteiger partial charge in [0.1, 0.15) is 10.8 Å². The van der Waals surface area contributed by atoms with Gasteiger partial charge in [0.2, 0.25) is 0 Å². The molecule has 33 heavy (non-hydrogen) atoms. The Bertz CT molecular complexity index is 1480. The fourth-order valence-corrected chi connectivity index (χ4v) is 3.54. The van der Waals surface area contributed by atoms with E-state index in [0.29, 0.717) is 21.3 Å². The average molecular weight is 525 g/mol. The van der Waals surface area contributed by atoms with E-state index in [4.69, 9.17) is 0 Å². The number of aryl methyl sites for hydroxylation is 2. The average Bonchev–Trinajstić information content (AvgIpc) is 3.22. The fraction of sp³-hybridized carbons (Fsp3) is 0.333. The van der Waals surface area contributed by atoms with Crippen molar-refractivity contribution in [3.8, 4) is 5.88 Å². The van der Waals surface area contributed by atoms with E-state index in [9.17, 15) is 26.4 Å². The molecule has 4 heterocycles.